The van der Waals surface area contributed by atoms with Gasteiger partial charge in [0.25, 0.3) is 5.91 Å². The predicted octanol–water partition coefficient (Wildman–Crippen LogP) is 1.19. The van der Waals surface area contributed by atoms with Gasteiger partial charge in [-0.3, -0.25) is 9.59 Å². The summed E-state index contributed by atoms with van der Waals surface area (Å²) in [5.74, 6) is 0.820. The van der Waals surface area contributed by atoms with Crippen LogP contribution in [0.5, 0.6) is 5.75 Å². The number of hydrogen-bond acceptors (Lipinski definition) is 4. The molecule has 6 nitrogen and oxygen atoms in total. The largest absolute Gasteiger partial charge is 0.484 e. The second-order valence-corrected chi connectivity index (χ2v) is 5.98. The van der Waals surface area contributed by atoms with Crippen molar-refractivity contribution >= 4 is 24.2 Å². The summed E-state index contributed by atoms with van der Waals surface area (Å²) in [7, 11) is 0. The van der Waals surface area contributed by atoms with Gasteiger partial charge in [-0.25, -0.2) is 0 Å². The molecule has 0 radical (unpaired) electrons. The summed E-state index contributed by atoms with van der Waals surface area (Å²) in [6.45, 7) is 3.23. The van der Waals surface area contributed by atoms with Crippen molar-refractivity contribution in [3.05, 3.63) is 30.3 Å². The molecule has 3 N–H and O–H groups in total. The molecule has 1 aliphatic rings. The summed E-state index contributed by atoms with van der Waals surface area (Å²) < 4.78 is 5.34. The van der Waals surface area contributed by atoms with E-state index in [0.29, 0.717) is 24.8 Å². The first-order chi connectivity index (χ1) is 11.1. The van der Waals surface area contributed by atoms with Gasteiger partial charge in [0.1, 0.15) is 5.75 Å². The molecule has 1 aromatic carbocycles. The Kier molecular flexibility index (Phi) is 8.57. The summed E-state index contributed by atoms with van der Waals surface area (Å²) in [5.41, 5.74) is 5.76. The SMILES string of the molecule is CC1CCN(C(=O)CNC(=O)COc2ccccc2)C(CN)C1.Cl. The molecule has 7 heteroatoms. The molecule has 0 aliphatic carbocycles. The van der Waals surface area contributed by atoms with Crippen molar-refractivity contribution in [3.8, 4) is 5.75 Å². The van der Waals surface area contributed by atoms with E-state index >= 15 is 0 Å². The molecule has 2 rings (SSSR count). The Morgan fingerprint density at radius 1 is 1.33 bits per heavy atom. The Morgan fingerprint density at radius 2 is 2.04 bits per heavy atom. The molecule has 2 atom stereocenters. The van der Waals surface area contributed by atoms with E-state index in [1.165, 1.54) is 0 Å². The summed E-state index contributed by atoms with van der Waals surface area (Å²) >= 11 is 0. The van der Waals surface area contributed by atoms with Gasteiger partial charge in [-0.1, -0.05) is 25.1 Å². The number of ether oxygens (including phenoxy) is 1. The first-order valence-corrected chi connectivity index (χ1v) is 8.04. The van der Waals surface area contributed by atoms with Crippen molar-refractivity contribution in [3.63, 3.8) is 0 Å². The fourth-order valence-corrected chi connectivity index (χ4v) is 2.80. The minimum Gasteiger partial charge on any atom is -0.484 e. The second-order valence-electron chi connectivity index (χ2n) is 5.98. The van der Waals surface area contributed by atoms with Crippen LogP contribution in [0.3, 0.4) is 0 Å². The quantitative estimate of drug-likeness (QED) is 0.802. The fourth-order valence-electron chi connectivity index (χ4n) is 2.80. The van der Waals surface area contributed by atoms with E-state index < -0.39 is 0 Å². The van der Waals surface area contributed by atoms with Crippen molar-refractivity contribution in [2.75, 3.05) is 26.2 Å². The van der Waals surface area contributed by atoms with Crippen LogP contribution in [0.1, 0.15) is 19.8 Å². The molecule has 1 saturated heterocycles. The molecule has 1 aromatic rings. The summed E-state index contributed by atoms with van der Waals surface area (Å²) in [5, 5.41) is 2.61. The van der Waals surface area contributed by atoms with Gasteiger partial charge >= 0.3 is 0 Å². The molecule has 0 saturated carbocycles. The molecule has 1 aliphatic heterocycles. The Labute approximate surface area is 149 Å². The number of halogens is 1. The third-order valence-corrected chi connectivity index (χ3v) is 4.12. The van der Waals surface area contributed by atoms with Crippen LogP contribution in [0.25, 0.3) is 0 Å². The van der Waals surface area contributed by atoms with Crippen LogP contribution < -0.4 is 15.8 Å². The Hall–Kier alpha value is -1.79. The van der Waals surface area contributed by atoms with Gasteiger partial charge in [-0.2, -0.15) is 0 Å². The number of likely N-dealkylation sites (tertiary alicyclic amines) is 1. The minimum atomic E-state index is -0.308. The fraction of sp³-hybridized carbons (Fsp3) is 0.529. The topological polar surface area (TPSA) is 84.7 Å². The van der Waals surface area contributed by atoms with Gasteiger partial charge < -0.3 is 20.7 Å². The van der Waals surface area contributed by atoms with Crippen LogP contribution in [0.15, 0.2) is 30.3 Å². The molecule has 24 heavy (non-hydrogen) atoms. The van der Waals surface area contributed by atoms with Crippen molar-refractivity contribution in [1.29, 1.82) is 0 Å². The average molecular weight is 356 g/mol. The zero-order chi connectivity index (χ0) is 16.7. The van der Waals surface area contributed by atoms with Gasteiger partial charge in [-0.05, 0) is 30.9 Å². The molecule has 0 spiro atoms. The zero-order valence-electron chi connectivity index (χ0n) is 13.9. The Bertz CT molecular complexity index is 527. The van der Waals surface area contributed by atoms with Crippen molar-refractivity contribution in [2.45, 2.75) is 25.8 Å². The third-order valence-electron chi connectivity index (χ3n) is 4.12. The first kappa shape index (κ1) is 20.3. The number of nitrogens with two attached hydrogens (primary N) is 1. The number of benzene rings is 1. The average Bonchev–Trinajstić information content (AvgIpc) is 2.58. The van der Waals surface area contributed by atoms with Gasteiger partial charge in [0, 0.05) is 19.1 Å². The molecular formula is C17H26ClN3O3. The first-order valence-electron chi connectivity index (χ1n) is 8.04. The van der Waals surface area contributed by atoms with Crippen molar-refractivity contribution in [2.24, 2.45) is 11.7 Å². The van der Waals surface area contributed by atoms with E-state index in [1.54, 1.807) is 17.0 Å². The van der Waals surface area contributed by atoms with Gasteiger partial charge in [0.2, 0.25) is 5.91 Å². The number of rotatable bonds is 6. The third kappa shape index (κ3) is 6.02. The molecule has 1 heterocycles. The molecule has 2 unspecified atom stereocenters. The van der Waals surface area contributed by atoms with E-state index in [1.807, 2.05) is 18.2 Å². The number of carbonyl (C=O) groups excluding carboxylic acids is 2. The number of nitrogens with one attached hydrogen (secondary N) is 1. The van der Waals surface area contributed by atoms with Crippen molar-refractivity contribution in [1.82, 2.24) is 10.2 Å². The molecular weight excluding hydrogens is 330 g/mol. The lowest BCUT2D eigenvalue weighted by molar-refractivity contribution is -0.136. The highest BCUT2D eigenvalue weighted by Gasteiger charge is 2.28. The molecule has 0 bridgehead atoms. The molecule has 0 aromatic heterocycles. The number of piperidine rings is 1. The summed E-state index contributed by atoms with van der Waals surface area (Å²) in [6, 6.07) is 9.17. The van der Waals surface area contributed by atoms with E-state index in [-0.39, 0.29) is 43.4 Å². The van der Waals surface area contributed by atoms with Gasteiger partial charge in [0.15, 0.2) is 6.61 Å². The van der Waals surface area contributed by atoms with E-state index in [2.05, 4.69) is 12.2 Å². The summed E-state index contributed by atoms with van der Waals surface area (Å²) in [6.07, 6.45) is 1.90. The Morgan fingerprint density at radius 3 is 2.71 bits per heavy atom. The number of hydrogen-bond donors (Lipinski definition) is 2. The van der Waals surface area contributed by atoms with E-state index in [4.69, 9.17) is 10.5 Å². The normalized spacial score (nSPS) is 20.0. The maximum absolute atomic E-state index is 12.3. The van der Waals surface area contributed by atoms with E-state index in [0.717, 1.165) is 12.8 Å². The Balaban J connectivity index is 0.00000288. The number of para-hydroxylation sites is 1. The van der Waals surface area contributed by atoms with E-state index in [9.17, 15) is 9.59 Å². The number of carbonyl (C=O) groups is 2. The number of nitrogens with zero attached hydrogens (tertiary/aromatic N) is 1. The van der Waals surface area contributed by atoms with Crippen LogP contribution in [0.4, 0.5) is 0 Å². The maximum atomic E-state index is 12.3. The molecule has 2 amide bonds. The predicted molar refractivity (Wildman–Crippen MR) is 95.1 cm³/mol. The van der Waals surface area contributed by atoms with Gasteiger partial charge in [-0.15, -0.1) is 12.4 Å². The van der Waals surface area contributed by atoms with Gasteiger partial charge in [0.05, 0.1) is 6.54 Å². The molecule has 134 valence electrons. The smallest absolute Gasteiger partial charge is 0.258 e. The number of amides is 2. The second kappa shape index (κ2) is 10.2. The lowest BCUT2D eigenvalue weighted by atomic mass is 9.92. The molecule has 1 fully saturated rings. The summed E-state index contributed by atoms with van der Waals surface area (Å²) in [4.78, 5) is 25.8. The van der Waals surface area contributed by atoms with Crippen LogP contribution in [0.2, 0.25) is 0 Å². The van der Waals surface area contributed by atoms with Crippen molar-refractivity contribution < 1.29 is 14.3 Å². The monoisotopic (exact) mass is 355 g/mol. The highest BCUT2D eigenvalue weighted by Crippen LogP contribution is 2.21. The lowest BCUT2D eigenvalue weighted by Gasteiger charge is -2.38. The highest BCUT2D eigenvalue weighted by atomic mass is 35.5. The standard InChI is InChI=1S/C17H25N3O3.ClH/c1-13-7-8-20(14(9-13)10-18)17(22)11-19-16(21)12-23-15-5-3-2-4-6-15;/h2-6,13-14H,7-12,18H2,1H3,(H,19,21);1H. The van der Waals surface area contributed by atoms with Crippen LogP contribution in [-0.4, -0.2) is 49.0 Å². The lowest BCUT2D eigenvalue weighted by Crippen LogP contribution is -2.52. The van der Waals surface area contributed by atoms with Crippen LogP contribution in [-0.2, 0) is 9.59 Å². The maximum Gasteiger partial charge on any atom is 0.258 e. The minimum absolute atomic E-state index is 0. The zero-order valence-corrected chi connectivity index (χ0v) is 14.8. The van der Waals surface area contributed by atoms with Crippen LogP contribution in [0, 0.1) is 5.92 Å². The highest BCUT2D eigenvalue weighted by molar-refractivity contribution is 5.86. The van der Waals surface area contributed by atoms with Crippen LogP contribution >= 0.6 is 12.4 Å².